The summed E-state index contributed by atoms with van der Waals surface area (Å²) in [7, 11) is 0. The molecule has 1 saturated heterocycles. The van der Waals surface area contributed by atoms with Crippen molar-refractivity contribution in [3.8, 4) is 11.5 Å². The van der Waals surface area contributed by atoms with Gasteiger partial charge in [0, 0.05) is 18.8 Å². The monoisotopic (exact) mass is 416 g/mol. The van der Waals surface area contributed by atoms with Crippen LogP contribution in [0, 0.1) is 6.92 Å². The SMILES string of the molecule is Cc1cccc(CN2CCC(c3ccc(Oc4ccccc4C(C)C)cc3CO)C2)n1. The predicted molar refractivity (Wildman–Crippen MR) is 125 cm³/mol. The molecule has 0 aliphatic carbocycles. The van der Waals surface area contributed by atoms with Gasteiger partial charge < -0.3 is 9.84 Å². The molecule has 1 unspecified atom stereocenters. The highest BCUT2D eigenvalue weighted by atomic mass is 16.5. The molecule has 31 heavy (non-hydrogen) atoms. The summed E-state index contributed by atoms with van der Waals surface area (Å²) in [5.74, 6) is 2.47. The van der Waals surface area contributed by atoms with E-state index in [4.69, 9.17) is 4.74 Å². The van der Waals surface area contributed by atoms with Crippen molar-refractivity contribution in [3.05, 3.63) is 88.7 Å². The molecule has 4 rings (SSSR count). The van der Waals surface area contributed by atoms with Gasteiger partial charge in [0.15, 0.2) is 0 Å². The summed E-state index contributed by atoms with van der Waals surface area (Å²) in [6.07, 6.45) is 1.09. The number of aromatic nitrogens is 1. The first-order chi connectivity index (χ1) is 15.0. The van der Waals surface area contributed by atoms with E-state index in [1.54, 1.807) is 0 Å². The number of para-hydroxylation sites is 1. The summed E-state index contributed by atoms with van der Waals surface area (Å²) in [6, 6.07) is 20.5. The summed E-state index contributed by atoms with van der Waals surface area (Å²) < 4.78 is 6.21. The van der Waals surface area contributed by atoms with Gasteiger partial charge in [-0.1, -0.05) is 44.2 Å². The highest BCUT2D eigenvalue weighted by molar-refractivity contribution is 5.43. The van der Waals surface area contributed by atoms with Crippen molar-refractivity contribution < 1.29 is 9.84 Å². The molecule has 162 valence electrons. The van der Waals surface area contributed by atoms with E-state index in [2.05, 4.69) is 48.0 Å². The van der Waals surface area contributed by atoms with Gasteiger partial charge in [-0.05, 0) is 78.7 Å². The fourth-order valence-corrected chi connectivity index (χ4v) is 4.50. The first kappa shape index (κ1) is 21.5. The van der Waals surface area contributed by atoms with Gasteiger partial charge in [0.2, 0.25) is 0 Å². The Hall–Kier alpha value is -2.69. The van der Waals surface area contributed by atoms with Crippen LogP contribution in [-0.4, -0.2) is 28.1 Å². The van der Waals surface area contributed by atoms with Crippen LogP contribution in [0.15, 0.2) is 60.7 Å². The van der Waals surface area contributed by atoms with Gasteiger partial charge in [-0.25, -0.2) is 0 Å². The minimum absolute atomic E-state index is 0.0221. The second kappa shape index (κ2) is 9.63. The lowest BCUT2D eigenvalue weighted by Gasteiger charge is -2.19. The van der Waals surface area contributed by atoms with Crippen LogP contribution in [0.3, 0.4) is 0 Å². The second-order valence-corrected chi connectivity index (χ2v) is 8.80. The first-order valence-corrected chi connectivity index (χ1v) is 11.2. The lowest BCUT2D eigenvalue weighted by atomic mass is 9.93. The normalized spacial score (nSPS) is 16.7. The van der Waals surface area contributed by atoms with E-state index >= 15 is 0 Å². The van der Waals surface area contributed by atoms with Crippen LogP contribution < -0.4 is 4.74 Å². The van der Waals surface area contributed by atoms with Gasteiger partial charge in [-0.3, -0.25) is 9.88 Å². The molecule has 0 radical (unpaired) electrons. The topological polar surface area (TPSA) is 45.6 Å². The molecule has 2 heterocycles. The molecule has 1 aliphatic rings. The third-order valence-electron chi connectivity index (χ3n) is 6.10. The molecule has 1 aromatic heterocycles. The van der Waals surface area contributed by atoms with Gasteiger partial charge >= 0.3 is 0 Å². The van der Waals surface area contributed by atoms with Crippen molar-refractivity contribution in [3.63, 3.8) is 0 Å². The van der Waals surface area contributed by atoms with E-state index in [0.717, 1.165) is 54.5 Å². The molecule has 3 aromatic rings. The molecular weight excluding hydrogens is 384 g/mol. The van der Waals surface area contributed by atoms with E-state index in [9.17, 15) is 5.11 Å². The smallest absolute Gasteiger partial charge is 0.130 e. The number of hydrogen-bond donors (Lipinski definition) is 1. The number of rotatable bonds is 7. The Morgan fingerprint density at radius 2 is 1.94 bits per heavy atom. The highest BCUT2D eigenvalue weighted by Gasteiger charge is 2.26. The van der Waals surface area contributed by atoms with E-state index in [1.165, 1.54) is 11.1 Å². The third kappa shape index (κ3) is 5.15. The summed E-state index contributed by atoms with van der Waals surface area (Å²) in [5.41, 5.74) is 5.56. The van der Waals surface area contributed by atoms with E-state index in [-0.39, 0.29) is 6.61 Å². The number of aliphatic hydroxyl groups excluding tert-OH is 1. The Kier molecular flexibility index (Phi) is 6.69. The van der Waals surface area contributed by atoms with Crippen molar-refractivity contribution >= 4 is 0 Å². The molecule has 4 heteroatoms. The average Bonchev–Trinajstić information content (AvgIpc) is 3.22. The van der Waals surface area contributed by atoms with Crippen LogP contribution in [0.2, 0.25) is 0 Å². The van der Waals surface area contributed by atoms with Crippen LogP contribution in [0.25, 0.3) is 0 Å². The fraction of sp³-hybridized carbons (Fsp3) is 0.370. The lowest BCUT2D eigenvalue weighted by Crippen LogP contribution is -2.20. The van der Waals surface area contributed by atoms with Gasteiger partial charge in [0.05, 0.1) is 12.3 Å². The standard InChI is InChI=1S/C27H32N2O2/c1-19(2)25-9-4-5-10-27(25)31-24-11-12-26(22(15-24)18-30)21-13-14-29(16-21)17-23-8-6-7-20(3)28-23/h4-12,15,19,21,30H,13-14,16-18H2,1-3H3. The number of likely N-dealkylation sites (tertiary alicyclic amines) is 1. The Labute approximate surface area is 185 Å². The minimum atomic E-state index is 0.0221. The quantitative estimate of drug-likeness (QED) is 0.530. The van der Waals surface area contributed by atoms with Crippen molar-refractivity contribution in [1.29, 1.82) is 0 Å². The zero-order valence-electron chi connectivity index (χ0n) is 18.7. The molecule has 0 amide bonds. The molecular formula is C27H32N2O2. The first-order valence-electron chi connectivity index (χ1n) is 11.2. The van der Waals surface area contributed by atoms with Crippen LogP contribution in [0.4, 0.5) is 0 Å². The zero-order chi connectivity index (χ0) is 21.8. The zero-order valence-corrected chi connectivity index (χ0v) is 18.7. The summed E-state index contributed by atoms with van der Waals surface area (Å²) >= 11 is 0. The molecule has 2 aromatic carbocycles. The number of benzene rings is 2. The van der Waals surface area contributed by atoms with Gasteiger partial charge in [-0.2, -0.15) is 0 Å². The minimum Gasteiger partial charge on any atom is -0.457 e. The highest BCUT2D eigenvalue weighted by Crippen LogP contribution is 2.35. The number of aryl methyl sites for hydroxylation is 1. The second-order valence-electron chi connectivity index (χ2n) is 8.80. The Morgan fingerprint density at radius 3 is 2.71 bits per heavy atom. The predicted octanol–water partition coefficient (Wildman–Crippen LogP) is 5.79. The molecule has 0 saturated carbocycles. The van der Waals surface area contributed by atoms with Crippen LogP contribution in [0.1, 0.15) is 60.2 Å². The maximum absolute atomic E-state index is 10.1. The molecule has 0 bridgehead atoms. The molecule has 1 N–H and O–H groups in total. The molecule has 4 nitrogen and oxygen atoms in total. The van der Waals surface area contributed by atoms with Gasteiger partial charge in [0.1, 0.15) is 11.5 Å². The third-order valence-corrected chi connectivity index (χ3v) is 6.10. The molecule has 1 aliphatic heterocycles. The van der Waals surface area contributed by atoms with Gasteiger partial charge in [-0.15, -0.1) is 0 Å². The van der Waals surface area contributed by atoms with Crippen LogP contribution in [-0.2, 0) is 13.2 Å². The summed E-state index contributed by atoms with van der Waals surface area (Å²) in [6.45, 7) is 9.30. The maximum atomic E-state index is 10.1. The average molecular weight is 417 g/mol. The van der Waals surface area contributed by atoms with Crippen molar-refractivity contribution in [1.82, 2.24) is 9.88 Å². The van der Waals surface area contributed by atoms with Crippen LogP contribution in [0.5, 0.6) is 11.5 Å². The molecule has 0 spiro atoms. The van der Waals surface area contributed by atoms with Crippen molar-refractivity contribution in [2.75, 3.05) is 13.1 Å². The Balaban J connectivity index is 1.47. The summed E-state index contributed by atoms with van der Waals surface area (Å²) in [4.78, 5) is 7.10. The van der Waals surface area contributed by atoms with Gasteiger partial charge in [0.25, 0.3) is 0 Å². The molecule has 1 fully saturated rings. The summed E-state index contributed by atoms with van der Waals surface area (Å²) in [5, 5.41) is 10.1. The number of aliphatic hydroxyl groups is 1. The number of nitrogens with zero attached hydrogens (tertiary/aromatic N) is 2. The lowest BCUT2D eigenvalue weighted by molar-refractivity contribution is 0.278. The fourth-order valence-electron chi connectivity index (χ4n) is 4.50. The van der Waals surface area contributed by atoms with E-state index in [1.807, 2.05) is 43.3 Å². The van der Waals surface area contributed by atoms with Crippen molar-refractivity contribution in [2.24, 2.45) is 0 Å². The largest absolute Gasteiger partial charge is 0.457 e. The van der Waals surface area contributed by atoms with Crippen LogP contribution >= 0.6 is 0 Å². The Morgan fingerprint density at radius 1 is 1.10 bits per heavy atom. The number of ether oxygens (including phenoxy) is 1. The number of hydrogen-bond acceptors (Lipinski definition) is 4. The van der Waals surface area contributed by atoms with Crippen molar-refractivity contribution in [2.45, 2.75) is 52.2 Å². The molecule has 1 atom stereocenters. The van der Waals surface area contributed by atoms with E-state index in [0.29, 0.717) is 11.8 Å². The number of pyridine rings is 1. The maximum Gasteiger partial charge on any atom is 0.130 e. The van der Waals surface area contributed by atoms with E-state index < -0.39 is 0 Å². The Bertz CT molecular complexity index is 1030.